The molecule has 1 atom stereocenters. The molecule has 0 radical (unpaired) electrons. The smallest absolute Gasteiger partial charge is 0.339 e. The molecule has 1 amide bonds. The van der Waals surface area contributed by atoms with E-state index in [2.05, 4.69) is 0 Å². The van der Waals surface area contributed by atoms with E-state index in [4.69, 9.17) is 5.73 Å². The van der Waals surface area contributed by atoms with Crippen molar-refractivity contribution in [3.05, 3.63) is 0 Å². The average molecular weight is 258 g/mol. The third kappa shape index (κ3) is 2.54. The molecular weight excluding hydrogens is 245 g/mol. The number of nitrogens with two attached hydrogens (primary N) is 1. The Morgan fingerprint density at radius 3 is 2.12 bits per heavy atom. The van der Waals surface area contributed by atoms with Crippen LogP contribution >= 0.6 is 0 Å². The van der Waals surface area contributed by atoms with Crippen LogP contribution < -0.4 is 5.73 Å². The molecule has 0 aromatic carbocycles. The van der Waals surface area contributed by atoms with E-state index in [0.717, 1.165) is 4.90 Å². The molecule has 0 aromatic heterocycles. The number of carbonyl (C=O) groups excluding carboxylic acids is 1. The van der Waals surface area contributed by atoms with E-state index in [1.54, 1.807) is 0 Å². The molecule has 0 aliphatic carbocycles. The van der Waals surface area contributed by atoms with Gasteiger partial charge in [-0.05, 0) is 6.92 Å². The summed E-state index contributed by atoms with van der Waals surface area (Å²) in [6.45, 7) is 0.781. The Kier molecular flexibility index (Phi) is 3.63. The lowest BCUT2D eigenvalue weighted by atomic mass is 10.0. The van der Waals surface area contributed by atoms with E-state index in [-0.39, 0.29) is 24.6 Å². The summed E-state index contributed by atoms with van der Waals surface area (Å²) >= 11 is 0. The topological polar surface area (TPSA) is 63.4 Å². The van der Waals surface area contributed by atoms with Gasteiger partial charge in [0, 0.05) is 35.4 Å². The fourth-order valence-electron chi connectivity index (χ4n) is 1.29. The predicted octanol–water partition coefficient (Wildman–Crippen LogP) is -0.143. The molecule has 94 valence electrons. The second-order valence-corrected chi connectivity index (χ2v) is 5.54. The number of rotatable bonds is 1. The van der Waals surface area contributed by atoms with Crippen LogP contribution in [0.5, 0.6) is 0 Å². The van der Waals surface area contributed by atoms with E-state index in [1.165, 1.54) is 0 Å². The zero-order valence-electron chi connectivity index (χ0n) is 8.71. The van der Waals surface area contributed by atoms with Gasteiger partial charge in [-0.15, -0.1) is 0 Å². The third-order valence-electron chi connectivity index (χ3n) is 2.50. The van der Waals surface area contributed by atoms with E-state index in [1.807, 2.05) is 0 Å². The molecule has 1 aliphatic heterocycles. The quantitative estimate of drug-likeness (QED) is 0.712. The highest BCUT2D eigenvalue weighted by molar-refractivity contribution is 7.85. The average Bonchev–Trinajstić information content (AvgIpc) is 2.16. The number of halogens is 3. The SMILES string of the molecule is CC(N)(C(=O)N1CCS(=O)CC1)C(F)(F)F. The van der Waals surface area contributed by atoms with Crippen LogP contribution in [-0.4, -0.2) is 51.3 Å². The van der Waals surface area contributed by atoms with Crippen LogP contribution in [0.4, 0.5) is 13.2 Å². The van der Waals surface area contributed by atoms with Crippen molar-refractivity contribution >= 4 is 16.7 Å². The van der Waals surface area contributed by atoms with Crippen molar-refractivity contribution in [2.75, 3.05) is 24.6 Å². The van der Waals surface area contributed by atoms with Crippen LogP contribution in [-0.2, 0) is 15.6 Å². The molecule has 1 unspecified atom stereocenters. The standard InChI is InChI=1S/C8H13F3N2O2S/c1-7(12,8(9,10)11)6(14)13-2-4-16(15)5-3-13/h2-5,12H2,1H3. The molecule has 2 N–H and O–H groups in total. The molecule has 1 heterocycles. The fraction of sp³-hybridized carbons (Fsp3) is 0.875. The fourth-order valence-corrected chi connectivity index (χ4v) is 2.34. The molecular formula is C8H13F3N2O2S. The lowest BCUT2D eigenvalue weighted by Crippen LogP contribution is -2.63. The first-order valence-electron chi connectivity index (χ1n) is 4.66. The van der Waals surface area contributed by atoms with E-state index in [9.17, 15) is 22.2 Å². The minimum absolute atomic E-state index is 0.0638. The van der Waals surface area contributed by atoms with Crippen LogP contribution in [0.25, 0.3) is 0 Å². The van der Waals surface area contributed by atoms with Crippen LogP contribution in [0.1, 0.15) is 6.92 Å². The maximum absolute atomic E-state index is 12.5. The number of hydrogen-bond acceptors (Lipinski definition) is 3. The van der Waals surface area contributed by atoms with E-state index in [0.29, 0.717) is 6.92 Å². The molecule has 0 saturated carbocycles. The van der Waals surface area contributed by atoms with Crippen molar-refractivity contribution in [1.29, 1.82) is 0 Å². The summed E-state index contributed by atoms with van der Waals surface area (Å²) in [6, 6.07) is 0. The maximum atomic E-state index is 12.5. The summed E-state index contributed by atoms with van der Waals surface area (Å²) < 4.78 is 48.4. The Labute approximate surface area is 93.4 Å². The van der Waals surface area contributed by atoms with Gasteiger partial charge in [-0.1, -0.05) is 0 Å². The van der Waals surface area contributed by atoms with Crippen LogP contribution in [0.3, 0.4) is 0 Å². The molecule has 8 heteroatoms. The first kappa shape index (κ1) is 13.4. The van der Waals surface area contributed by atoms with Gasteiger partial charge < -0.3 is 10.6 Å². The molecule has 0 bridgehead atoms. The summed E-state index contributed by atoms with van der Waals surface area (Å²) in [6.07, 6.45) is -4.78. The number of amides is 1. The first-order valence-corrected chi connectivity index (χ1v) is 6.15. The van der Waals surface area contributed by atoms with Gasteiger partial charge in [0.1, 0.15) is 0 Å². The molecule has 16 heavy (non-hydrogen) atoms. The highest BCUT2D eigenvalue weighted by atomic mass is 32.2. The molecule has 0 spiro atoms. The van der Waals surface area contributed by atoms with Crippen LogP contribution in [0.2, 0.25) is 0 Å². The summed E-state index contributed by atoms with van der Waals surface area (Å²) in [7, 11) is -1.04. The monoisotopic (exact) mass is 258 g/mol. The molecule has 0 aromatic rings. The maximum Gasteiger partial charge on any atom is 0.415 e. The van der Waals surface area contributed by atoms with Gasteiger partial charge in [0.05, 0.1) is 0 Å². The minimum Gasteiger partial charge on any atom is -0.339 e. The predicted molar refractivity (Wildman–Crippen MR) is 53.1 cm³/mol. The van der Waals surface area contributed by atoms with Gasteiger partial charge in [0.2, 0.25) is 0 Å². The summed E-state index contributed by atoms with van der Waals surface area (Å²) in [5.74, 6) is -0.740. The number of carbonyl (C=O) groups is 1. The Bertz CT molecular complexity index is 307. The van der Waals surface area contributed by atoms with Crippen molar-refractivity contribution in [3.8, 4) is 0 Å². The Morgan fingerprint density at radius 1 is 1.31 bits per heavy atom. The van der Waals surface area contributed by atoms with E-state index < -0.39 is 28.4 Å². The number of hydrogen-bond donors (Lipinski definition) is 1. The molecule has 1 saturated heterocycles. The van der Waals surface area contributed by atoms with Crippen molar-refractivity contribution in [3.63, 3.8) is 0 Å². The number of alkyl halides is 3. The third-order valence-corrected chi connectivity index (χ3v) is 3.77. The van der Waals surface area contributed by atoms with Gasteiger partial charge in [0.25, 0.3) is 5.91 Å². The zero-order chi connectivity index (χ0) is 12.6. The lowest BCUT2D eigenvalue weighted by Gasteiger charge is -2.34. The Morgan fingerprint density at radius 2 is 1.75 bits per heavy atom. The highest BCUT2D eigenvalue weighted by Gasteiger charge is 2.55. The molecule has 4 nitrogen and oxygen atoms in total. The van der Waals surface area contributed by atoms with Crippen molar-refractivity contribution in [2.45, 2.75) is 18.6 Å². The molecule has 1 rings (SSSR count). The minimum atomic E-state index is -4.78. The summed E-state index contributed by atoms with van der Waals surface area (Å²) in [5, 5.41) is 0. The molecule has 1 fully saturated rings. The van der Waals surface area contributed by atoms with Gasteiger partial charge in [0.15, 0.2) is 5.54 Å². The second kappa shape index (κ2) is 4.33. The highest BCUT2D eigenvalue weighted by Crippen LogP contribution is 2.29. The first-order chi connectivity index (χ1) is 7.16. The van der Waals surface area contributed by atoms with E-state index >= 15 is 0 Å². The second-order valence-electron chi connectivity index (χ2n) is 3.84. The van der Waals surface area contributed by atoms with Crippen molar-refractivity contribution in [1.82, 2.24) is 4.90 Å². The van der Waals surface area contributed by atoms with Crippen molar-refractivity contribution < 1.29 is 22.2 Å². The zero-order valence-corrected chi connectivity index (χ0v) is 9.53. The normalized spacial score (nSPS) is 22.9. The van der Waals surface area contributed by atoms with Gasteiger partial charge in [-0.2, -0.15) is 13.2 Å². The van der Waals surface area contributed by atoms with Crippen LogP contribution in [0, 0.1) is 0 Å². The lowest BCUT2D eigenvalue weighted by molar-refractivity contribution is -0.193. The van der Waals surface area contributed by atoms with Gasteiger partial charge in [-0.3, -0.25) is 9.00 Å². The van der Waals surface area contributed by atoms with Crippen molar-refractivity contribution in [2.24, 2.45) is 5.73 Å². The van der Waals surface area contributed by atoms with Gasteiger partial charge >= 0.3 is 6.18 Å². The number of nitrogens with zero attached hydrogens (tertiary/aromatic N) is 1. The largest absolute Gasteiger partial charge is 0.415 e. The summed E-state index contributed by atoms with van der Waals surface area (Å²) in [4.78, 5) is 12.6. The summed E-state index contributed by atoms with van der Waals surface area (Å²) in [5.41, 5.74) is 2.14. The molecule has 1 aliphatic rings. The van der Waals surface area contributed by atoms with Gasteiger partial charge in [-0.25, -0.2) is 0 Å². The Balaban J connectivity index is 2.75. The Hall–Kier alpha value is -0.630. The van der Waals surface area contributed by atoms with Crippen LogP contribution in [0.15, 0.2) is 0 Å².